The molecule has 0 atom stereocenters. The molecule has 0 amide bonds. The second-order valence-corrected chi connectivity index (χ2v) is 7.34. The number of hydrogen-bond donors (Lipinski definition) is 1. The average molecular weight is 432 g/mol. The summed E-state index contributed by atoms with van der Waals surface area (Å²) in [6, 6.07) is 5.94. The number of nitro groups is 1. The predicted molar refractivity (Wildman–Crippen MR) is 113 cm³/mol. The number of amidine groups is 1. The van der Waals surface area contributed by atoms with Crippen molar-refractivity contribution in [1.29, 1.82) is 0 Å². The van der Waals surface area contributed by atoms with Crippen LogP contribution in [0, 0.1) is 17.0 Å². The molecule has 0 bridgehead atoms. The second-order valence-electron chi connectivity index (χ2n) is 5.61. The highest BCUT2D eigenvalue weighted by atomic mass is 32.2. The fraction of sp³-hybridized carbons (Fsp3) is 0.235. The van der Waals surface area contributed by atoms with E-state index in [-0.39, 0.29) is 5.69 Å². The summed E-state index contributed by atoms with van der Waals surface area (Å²) in [7, 11) is 1.71. The van der Waals surface area contributed by atoms with E-state index < -0.39 is 4.92 Å². The molecule has 1 aromatic carbocycles. The summed E-state index contributed by atoms with van der Waals surface area (Å²) in [4.78, 5) is 23.2. The first-order valence-electron chi connectivity index (χ1n) is 8.31. The van der Waals surface area contributed by atoms with Crippen molar-refractivity contribution in [1.82, 2.24) is 20.2 Å². The van der Waals surface area contributed by atoms with E-state index in [9.17, 15) is 10.1 Å². The standard InChI is InChI=1S/C17H17N7O3S2/c1-10-19-8-12(14(20-10)21-16(18-2)28-3)9-29-17-23-22-15(27-17)11-4-6-13(7-5-11)24(25)26/h4-8H,9H2,1-3H3,(H,18,19,20,21). The largest absolute Gasteiger partial charge is 0.411 e. The molecular formula is C17H17N7O3S2. The predicted octanol–water partition coefficient (Wildman–Crippen LogP) is 3.80. The molecule has 12 heteroatoms. The summed E-state index contributed by atoms with van der Waals surface area (Å²) >= 11 is 2.83. The highest BCUT2D eigenvalue weighted by Crippen LogP contribution is 2.28. The van der Waals surface area contributed by atoms with Gasteiger partial charge in [0.25, 0.3) is 10.9 Å². The maximum absolute atomic E-state index is 10.8. The molecule has 150 valence electrons. The first-order chi connectivity index (χ1) is 14.0. The molecule has 10 nitrogen and oxygen atoms in total. The van der Waals surface area contributed by atoms with Gasteiger partial charge in [0, 0.05) is 42.3 Å². The van der Waals surface area contributed by atoms with Gasteiger partial charge >= 0.3 is 0 Å². The third kappa shape index (κ3) is 5.29. The molecule has 29 heavy (non-hydrogen) atoms. The van der Waals surface area contributed by atoms with Gasteiger partial charge in [-0.25, -0.2) is 9.97 Å². The van der Waals surface area contributed by atoms with Gasteiger partial charge in [-0.05, 0) is 25.3 Å². The second kappa shape index (κ2) is 9.47. The lowest BCUT2D eigenvalue weighted by Gasteiger charge is -2.10. The van der Waals surface area contributed by atoms with Gasteiger partial charge in [-0.15, -0.1) is 10.2 Å². The van der Waals surface area contributed by atoms with Gasteiger partial charge < -0.3 is 9.73 Å². The van der Waals surface area contributed by atoms with E-state index in [0.717, 1.165) is 10.7 Å². The number of anilines is 1. The van der Waals surface area contributed by atoms with E-state index in [1.807, 2.05) is 13.2 Å². The van der Waals surface area contributed by atoms with E-state index in [2.05, 4.69) is 30.5 Å². The Morgan fingerprint density at radius 1 is 1.31 bits per heavy atom. The van der Waals surface area contributed by atoms with Gasteiger partial charge in [-0.2, -0.15) is 0 Å². The van der Waals surface area contributed by atoms with Gasteiger partial charge in [0.1, 0.15) is 11.6 Å². The number of hydrogen-bond acceptors (Lipinski definition) is 10. The molecule has 0 aliphatic heterocycles. The summed E-state index contributed by atoms with van der Waals surface area (Å²) in [5.41, 5.74) is 1.48. The van der Waals surface area contributed by atoms with E-state index in [1.54, 1.807) is 25.4 Å². The van der Waals surface area contributed by atoms with E-state index in [0.29, 0.717) is 34.1 Å². The molecule has 0 saturated heterocycles. The molecule has 0 aliphatic rings. The van der Waals surface area contributed by atoms with Crippen molar-refractivity contribution in [2.24, 2.45) is 4.99 Å². The fourth-order valence-corrected chi connectivity index (χ4v) is 3.37. The number of thioether (sulfide) groups is 2. The molecular weight excluding hydrogens is 414 g/mol. The van der Waals surface area contributed by atoms with Crippen molar-refractivity contribution in [2.75, 3.05) is 18.6 Å². The number of aromatic nitrogens is 4. The Hall–Kier alpha value is -2.99. The molecule has 1 N–H and O–H groups in total. The number of nitrogens with one attached hydrogen (secondary N) is 1. The molecule has 0 fully saturated rings. The van der Waals surface area contributed by atoms with E-state index in [4.69, 9.17) is 4.42 Å². The number of aliphatic imine (C=N–C) groups is 1. The lowest BCUT2D eigenvalue weighted by Crippen LogP contribution is -2.11. The smallest absolute Gasteiger partial charge is 0.277 e. The SMILES string of the molecule is CN=C(Nc1nc(C)ncc1CSc1nnc(-c2ccc([N+](=O)[O-])cc2)o1)SC. The van der Waals surface area contributed by atoms with Gasteiger partial charge in [0.2, 0.25) is 5.89 Å². The first kappa shape index (κ1) is 20.7. The van der Waals surface area contributed by atoms with Crippen molar-refractivity contribution < 1.29 is 9.34 Å². The van der Waals surface area contributed by atoms with Crippen LogP contribution in [-0.2, 0) is 5.75 Å². The summed E-state index contributed by atoms with van der Waals surface area (Å²) in [5, 5.41) is 23.1. The van der Waals surface area contributed by atoms with Crippen molar-refractivity contribution in [2.45, 2.75) is 17.9 Å². The third-order valence-electron chi connectivity index (χ3n) is 3.69. The third-order valence-corrected chi connectivity index (χ3v) is 5.23. The van der Waals surface area contributed by atoms with Crippen LogP contribution in [0.3, 0.4) is 0 Å². The van der Waals surface area contributed by atoms with Crippen LogP contribution in [0.1, 0.15) is 11.4 Å². The van der Waals surface area contributed by atoms with Crippen LogP contribution < -0.4 is 5.32 Å². The molecule has 2 aromatic heterocycles. The quantitative estimate of drug-likeness (QED) is 0.202. The molecule has 3 aromatic rings. The van der Waals surface area contributed by atoms with Crippen LogP contribution in [0.5, 0.6) is 0 Å². The lowest BCUT2D eigenvalue weighted by molar-refractivity contribution is -0.384. The monoisotopic (exact) mass is 431 g/mol. The van der Waals surface area contributed by atoms with Crippen molar-refractivity contribution >= 4 is 40.2 Å². The summed E-state index contributed by atoms with van der Waals surface area (Å²) < 4.78 is 5.66. The zero-order valence-electron chi connectivity index (χ0n) is 15.8. The van der Waals surface area contributed by atoms with Crippen LogP contribution >= 0.6 is 23.5 Å². The Bertz CT molecular complexity index is 1040. The van der Waals surface area contributed by atoms with Crippen molar-refractivity contribution in [3.63, 3.8) is 0 Å². The van der Waals surface area contributed by atoms with Crippen LogP contribution in [0.4, 0.5) is 11.5 Å². The van der Waals surface area contributed by atoms with Crippen molar-refractivity contribution in [3.05, 3.63) is 52.0 Å². The molecule has 0 aliphatic carbocycles. The van der Waals surface area contributed by atoms with Gasteiger partial charge in [0.05, 0.1) is 4.92 Å². The minimum atomic E-state index is -0.458. The highest BCUT2D eigenvalue weighted by molar-refractivity contribution is 8.13. The van der Waals surface area contributed by atoms with Crippen molar-refractivity contribution in [3.8, 4) is 11.5 Å². The molecule has 2 heterocycles. The Morgan fingerprint density at radius 2 is 2.07 bits per heavy atom. The minimum Gasteiger partial charge on any atom is -0.411 e. The Balaban J connectivity index is 1.72. The number of non-ortho nitro benzene ring substituents is 1. The maximum Gasteiger partial charge on any atom is 0.277 e. The lowest BCUT2D eigenvalue weighted by atomic mass is 10.2. The number of nitrogens with zero attached hydrogens (tertiary/aromatic N) is 6. The van der Waals surface area contributed by atoms with Gasteiger partial charge in [-0.3, -0.25) is 15.1 Å². The van der Waals surface area contributed by atoms with Crippen LogP contribution in [0.2, 0.25) is 0 Å². The Morgan fingerprint density at radius 3 is 2.72 bits per heavy atom. The van der Waals surface area contributed by atoms with E-state index >= 15 is 0 Å². The number of aryl methyl sites for hydroxylation is 1. The number of nitro benzene ring substituents is 1. The van der Waals surface area contributed by atoms with Crippen LogP contribution in [0.25, 0.3) is 11.5 Å². The molecule has 0 spiro atoms. The maximum atomic E-state index is 10.8. The molecule has 0 unspecified atom stereocenters. The highest BCUT2D eigenvalue weighted by Gasteiger charge is 2.14. The van der Waals surface area contributed by atoms with Crippen LogP contribution in [0.15, 0.2) is 45.1 Å². The zero-order valence-corrected chi connectivity index (χ0v) is 17.5. The number of benzene rings is 1. The molecule has 0 radical (unpaired) electrons. The van der Waals surface area contributed by atoms with Gasteiger partial charge in [0.15, 0.2) is 5.17 Å². The van der Waals surface area contributed by atoms with E-state index in [1.165, 1.54) is 35.7 Å². The zero-order chi connectivity index (χ0) is 20.8. The first-order valence-corrected chi connectivity index (χ1v) is 10.5. The number of rotatable bonds is 6. The van der Waals surface area contributed by atoms with Crippen LogP contribution in [-0.4, -0.2) is 43.6 Å². The Kier molecular flexibility index (Phi) is 6.77. The molecule has 3 rings (SSSR count). The minimum absolute atomic E-state index is 0.00231. The summed E-state index contributed by atoms with van der Waals surface area (Å²) in [5.74, 6) is 2.13. The summed E-state index contributed by atoms with van der Waals surface area (Å²) in [6.45, 7) is 1.82. The normalized spacial score (nSPS) is 11.5. The Labute approximate surface area is 174 Å². The average Bonchev–Trinajstić information content (AvgIpc) is 3.20. The summed E-state index contributed by atoms with van der Waals surface area (Å²) in [6.07, 6.45) is 3.68. The fourth-order valence-electron chi connectivity index (χ4n) is 2.26. The molecule has 0 saturated carbocycles. The van der Waals surface area contributed by atoms with Gasteiger partial charge in [-0.1, -0.05) is 23.5 Å². The topological polar surface area (TPSA) is 132 Å².